The Bertz CT molecular complexity index is 854. The van der Waals surface area contributed by atoms with Crippen LogP contribution in [-0.4, -0.2) is 16.1 Å². The van der Waals surface area contributed by atoms with E-state index in [0.717, 1.165) is 15.3 Å². The zero-order valence-corrected chi connectivity index (χ0v) is 11.6. The van der Waals surface area contributed by atoms with Gasteiger partial charge in [-0.1, -0.05) is 18.2 Å². The summed E-state index contributed by atoms with van der Waals surface area (Å²) in [6, 6.07) is 11.1. The highest BCUT2D eigenvalue weighted by atomic mass is 32.1. The largest absolute Gasteiger partial charge is 0.478 e. The van der Waals surface area contributed by atoms with Crippen LogP contribution in [0.3, 0.4) is 0 Å². The number of nitrogens with zero attached hydrogens (tertiary/aromatic N) is 1. The van der Waals surface area contributed by atoms with Gasteiger partial charge < -0.3 is 5.11 Å². The molecule has 3 rings (SSSR count). The van der Waals surface area contributed by atoms with Gasteiger partial charge in [0.05, 0.1) is 15.8 Å². The molecule has 5 heteroatoms. The van der Waals surface area contributed by atoms with Crippen LogP contribution >= 0.6 is 11.3 Å². The molecule has 21 heavy (non-hydrogen) atoms. The summed E-state index contributed by atoms with van der Waals surface area (Å²) < 4.78 is 14.0. The quantitative estimate of drug-likeness (QED) is 0.784. The van der Waals surface area contributed by atoms with E-state index < -0.39 is 5.97 Å². The van der Waals surface area contributed by atoms with E-state index in [1.165, 1.54) is 23.5 Å². The monoisotopic (exact) mass is 299 g/mol. The molecule has 0 spiro atoms. The first-order valence-electron chi connectivity index (χ1n) is 6.19. The Hall–Kier alpha value is -2.53. The van der Waals surface area contributed by atoms with E-state index in [2.05, 4.69) is 4.98 Å². The fourth-order valence-electron chi connectivity index (χ4n) is 1.93. The van der Waals surface area contributed by atoms with Gasteiger partial charge in [-0.15, -0.1) is 11.3 Å². The summed E-state index contributed by atoms with van der Waals surface area (Å²) in [5.74, 6) is -1.27. The van der Waals surface area contributed by atoms with Crippen molar-refractivity contribution in [1.29, 1.82) is 0 Å². The van der Waals surface area contributed by atoms with Crippen molar-refractivity contribution < 1.29 is 14.3 Å². The number of aromatic nitrogens is 1. The molecule has 1 N–H and O–H groups in total. The van der Waals surface area contributed by atoms with Crippen molar-refractivity contribution >= 4 is 39.7 Å². The third-order valence-electron chi connectivity index (χ3n) is 2.92. The molecule has 0 aliphatic heterocycles. The van der Waals surface area contributed by atoms with Gasteiger partial charge in [-0.25, -0.2) is 14.2 Å². The molecule has 0 unspecified atom stereocenters. The number of carboxylic acids is 1. The molecule has 0 aliphatic rings. The average molecular weight is 299 g/mol. The maximum Gasteiger partial charge on any atom is 0.335 e. The molecule has 0 amide bonds. The van der Waals surface area contributed by atoms with Crippen molar-refractivity contribution in [2.75, 3.05) is 0 Å². The lowest BCUT2D eigenvalue weighted by atomic mass is 10.1. The van der Waals surface area contributed by atoms with Crippen LogP contribution in [0.1, 0.15) is 20.9 Å². The van der Waals surface area contributed by atoms with Gasteiger partial charge in [0.2, 0.25) is 0 Å². The number of thiazole rings is 1. The Morgan fingerprint density at radius 2 is 2.05 bits per heavy atom. The number of aromatic carboxylic acids is 1. The normalized spacial score (nSPS) is 11.3. The first-order valence-corrected chi connectivity index (χ1v) is 7.01. The second kappa shape index (κ2) is 5.46. The fraction of sp³-hybridized carbons (Fsp3) is 0. The number of halogens is 1. The lowest BCUT2D eigenvalue weighted by Crippen LogP contribution is -1.95. The van der Waals surface area contributed by atoms with Crippen molar-refractivity contribution in [3.05, 3.63) is 64.4 Å². The van der Waals surface area contributed by atoms with Crippen LogP contribution in [0.4, 0.5) is 4.39 Å². The minimum Gasteiger partial charge on any atom is -0.478 e. The molecule has 2 aromatic carbocycles. The third-order valence-corrected chi connectivity index (χ3v) is 3.92. The lowest BCUT2D eigenvalue weighted by molar-refractivity contribution is 0.0697. The van der Waals surface area contributed by atoms with Gasteiger partial charge in [0.1, 0.15) is 10.8 Å². The zero-order chi connectivity index (χ0) is 14.8. The lowest BCUT2D eigenvalue weighted by Gasteiger charge is -1.96. The average Bonchev–Trinajstić information content (AvgIpc) is 2.87. The van der Waals surface area contributed by atoms with Crippen LogP contribution in [0, 0.1) is 5.82 Å². The fourth-order valence-corrected chi connectivity index (χ4v) is 2.78. The summed E-state index contributed by atoms with van der Waals surface area (Å²) in [5.41, 5.74) is 1.64. The molecule has 0 bridgehead atoms. The van der Waals surface area contributed by atoms with Crippen LogP contribution in [-0.2, 0) is 0 Å². The molecule has 1 heterocycles. The maximum absolute atomic E-state index is 13.1. The predicted octanol–water partition coefficient (Wildman–Crippen LogP) is 4.30. The number of rotatable bonds is 3. The van der Waals surface area contributed by atoms with Gasteiger partial charge in [0.15, 0.2) is 0 Å². The molecular formula is C16H10FNO2S. The van der Waals surface area contributed by atoms with Crippen LogP contribution < -0.4 is 0 Å². The zero-order valence-electron chi connectivity index (χ0n) is 10.8. The van der Waals surface area contributed by atoms with Crippen molar-refractivity contribution in [3.63, 3.8) is 0 Å². The van der Waals surface area contributed by atoms with Crippen LogP contribution in [0.25, 0.3) is 22.4 Å². The molecule has 0 aliphatic carbocycles. The number of benzene rings is 2. The third kappa shape index (κ3) is 2.98. The van der Waals surface area contributed by atoms with Gasteiger partial charge in [-0.05, 0) is 35.9 Å². The maximum atomic E-state index is 13.1. The summed E-state index contributed by atoms with van der Waals surface area (Å²) in [6.07, 6.45) is 3.59. The number of hydrogen-bond donors (Lipinski definition) is 1. The van der Waals surface area contributed by atoms with Gasteiger partial charge in [0, 0.05) is 6.07 Å². The minimum absolute atomic E-state index is 0.239. The molecule has 0 saturated heterocycles. The molecule has 3 aromatic rings. The van der Waals surface area contributed by atoms with Crippen LogP contribution in [0.2, 0.25) is 0 Å². The molecule has 104 valence electrons. The van der Waals surface area contributed by atoms with Crippen molar-refractivity contribution in [2.24, 2.45) is 0 Å². The number of fused-ring (bicyclic) bond motifs is 1. The first-order chi connectivity index (χ1) is 10.1. The highest BCUT2D eigenvalue weighted by Crippen LogP contribution is 2.24. The van der Waals surface area contributed by atoms with E-state index in [9.17, 15) is 9.18 Å². The Labute approximate surface area is 124 Å². The number of carbonyl (C=O) groups is 1. The van der Waals surface area contributed by atoms with Crippen molar-refractivity contribution in [1.82, 2.24) is 4.98 Å². The highest BCUT2D eigenvalue weighted by molar-refractivity contribution is 7.19. The molecule has 0 saturated carbocycles. The summed E-state index contributed by atoms with van der Waals surface area (Å²) in [5, 5.41) is 9.69. The van der Waals surface area contributed by atoms with Crippen LogP contribution in [0.15, 0.2) is 42.5 Å². The second-order valence-corrected chi connectivity index (χ2v) is 5.49. The molecular weight excluding hydrogens is 289 g/mol. The van der Waals surface area contributed by atoms with E-state index in [-0.39, 0.29) is 11.4 Å². The molecule has 3 nitrogen and oxygen atoms in total. The van der Waals surface area contributed by atoms with Crippen molar-refractivity contribution in [3.8, 4) is 0 Å². The SMILES string of the molecule is O=C(O)c1cccc(C=Cc2nc3cc(F)ccc3s2)c1. The van der Waals surface area contributed by atoms with Crippen LogP contribution in [0.5, 0.6) is 0 Å². The summed E-state index contributed by atoms with van der Waals surface area (Å²) in [6.45, 7) is 0. The first kappa shape index (κ1) is 13.5. The van der Waals surface area contributed by atoms with E-state index in [1.807, 2.05) is 6.07 Å². The standard InChI is InChI=1S/C16H10FNO2S/c17-12-5-6-14-13(9-12)18-15(21-14)7-4-10-2-1-3-11(8-10)16(19)20/h1-9H,(H,19,20). The highest BCUT2D eigenvalue weighted by Gasteiger charge is 2.03. The Morgan fingerprint density at radius 1 is 1.19 bits per heavy atom. The number of carboxylic acid groups (broad SMARTS) is 1. The Kier molecular flexibility index (Phi) is 3.50. The Balaban J connectivity index is 1.90. The van der Waals surface area contributed by atoms with E-state index in [1.54, 1.807) is 36.4 Å². The second-order valence-electron chi connectivity index (χ2n) is 4.43. The van der Waals surface area contributed by atoms with Gasteiger partial charge in [-0.3, -0.25) is 0 Å². The topological polar surface area (TPSA) is 50.2 Å². The van der Waals surface area contributed by atoms with Gasteiger partial charge >= 0.3 is 5.97 Å². The predicted molar refractivity (Wildman–Crippen MR) is 81.9 cm³/mol. The van der Waals surface area contributed by atoms with E-state index >= 15 is 0 Å². The van der Waals surface area contributed by atoms with E-state index in [0.29, 0.717) is 5.52 Å². The summed E-state index contributed by atoms with van der Waals surface area (Å²) in [4.78, 5) is 15.2. The van der Waals surface area contributed by atoms with Gasteiger partial charge in [-0.2, -0.15) is 0 Å². The number of hydrogen-bond acceptors (Lipinski definition) is 3. The Morgan fingerprint density at radius 3 is 2.86 bits per heavy atom. The van der Waals surface area contributed by atoms with Crippen molar-refractivity contribution in [2.45, 2.75) is 0 Å². The smallest absolute Gasteiger partial charge is 0.335 e. The molecule has 0 fully saturated rings. The van der Waals surface area contributed by atoms with Gasteiger partial charge in [0.25, 0.3) is 0 Å². The molecule has 0 atom stereocenters. The molecule has 1 aromatic heterocycles. The summed E-state index contributed by atoms with van der Waals surface area (Å²) in [7, 11) is 0. The summed E-state index contributed by atoms with van der Waals surface area (Å²) >= 11 is 1.45. The molecule has 0 radical (unpaired) electrons. The van der Waals surface area contributed by atoms with E-state index in [4.69, 9.17) is 5.11 Å². The minimum atomic E-state index is -0.958.